The fourth-order valence-electron chi connectivity index (χ4n) is 4.30. The van der Waals surface area contributed by atoms with E-state index in [4.69, 9.17) is 4.74 Å². The van der Waals surface area contributed by atoms with E-state index < -0.39 is 22.8 Å². The van der Waals surface area contributed by atoms with Crippen molar-refractivity contribution >= 4 is 33.3 Å². The zero-order valence-corrected chi connectivity index (χ0v) is 18.2. The lowest BCUT2D eigenvalue weighted by molar-refractivity contribution is 0.0695. The maximum absolute atomic E-state index is 15.2. The molecule has 0 amide bonds. The van der Waals surface area contributed by atoms with E-state index in [1.165, 1.54) is 6.20 Å². The molecule has 168 valence electrons. The molecule has 0 atom stereocenters. The number of rotatable bonds is 6. The highest BCUT2D eigenvalue weighted by atomic mass is 19.1. The average Bonchev–Trinajstić information content (AvgIpc) is 2.79. The Bertz CT molecular complexity index is 1490. The number of hydrogen-bond acceptors (Lipinski definition) is 5. The van der Waals surface area contributed by atoms with Crippen molar-refractivity contribution in [3.63, 3.8) is 0 Å². The number of aromatic carboxylic acids is 1. The van der Waals surface area contributed by atoms with E-state index in [0.29, 0.717) is 23.5 Å². The Balaban J connectivity index is 1.81. The van der Waals surface area contributed by atoms with Gasteiger partial charge in [-0.2, -0.15) is 0 Å². The molecule has 0 saturated carbocycles. The van der Waals surface area contributed by atoms with Gasteiger partial charge in [0.1, 0.15) is 16.8 Å². The van der Waals surface area contributed by atoms with E-state index in [1.54, 1.807) is 10.6 Å². The van der Waals surface area contributed by atoms with Gasteiger partial charge >= 0.3 is 5.97 Å². The molecule has 0 spiro atoms. The van der Waals surface area contributed by atoms with Crippen molar-refractivity contribution in [2.24, 2.45) is 0 Å². The summed E-state index contributed by atoms with van der Waals surface area (Å²) < 4.78 is 23.0. The van der Waals surface area contributed by atoms with Crippen molar-refractivity contribution in [1.82, 2.24) is 9.47 Å². The quantitative estimate of drug-likeness (QED) is 0.374. The van der Waals surface area contributed by atoms with E-state index in [-0.39, 0.29) is 16.8 Å². The summed E-state index contributed by atoms with van der Waals surface area (Å²) in [6.07, 6.45) is 2.08. The number of aromatic nitrogens is 1. The van der Waals surface area contributed by atoms with Gasteiger partial charge in [0.15, 0.2) is 17.3 Å². The Morgan fingerprint density at radius 2 is 1.97 bits per heavy atom. The number of nitrogens with one attached hydrogen (secondary N) is 1. The molecule has 0 bridgehead atoms. The van der Waals surface area contributed by atoms with Gasteiger partial charge in [-0.1, -0.05) is 30.3 Å². The molecule has 1 aliphatic heterocycles. The summed E-state index contributed by atoms with van der Waals surface area (Å²) in [5.41, 5.74) is -0.0828. The normalized spacial score (nSPS) is 12.1. The van der Waals surface area contributed by atoms with Gasteiger partial charge in [-0.25, -0.2) is 9.18 Å². The SMILES string of the molecule is CN(C)CCCNc1c(F)cc2c(=O)c(C(=O)O)cn3c2c1Oc1ccc2ccccc2c1-3. The number of ether oxygens (including phenoxy) is 1. The van der Waals surface area contributed by atoms with Gasteiger partial charge in [0, 0.05) is 18.1 Å². The van der Waals surface area contributed by atoms with Crippen LogP contribution in [-0.2, 0) is 0 Å². The number of benzene rings is 3. The van der Waals surface area contributed by atoms with E-state index in [1.807, 2.05) is 49.3 Å². The Labute approximate surface area is 188 Å². The van der Waals surface area contributed by atoms with Crippen molar-refractivity contribution in [1.29, 1.82) is 0 Å². The molecule has 1 aromatic heterocycles. The third-order valence-corrected chi connectivity index (χ3v) is 5.83. The third-order valence-electron chi connectivity index (χ3n) is 5.83. The number of nitrogens with zero attached hydrogens (tertiary/aromatic N) is 2. The molecule has 0 unspecified atom stereocenters. The maximum Gasteiger partial charge on any atom is 0.341 e. The molecular formula is C25H22FN3O4. The lowest BCUT2D eigenvalue weighted by Gasteiger charge is -2.27. The van der Waals surface area contributed by atoms with Gasteiger partial charge < -0.3 is 24.6 Å². The molecule has 0 radical (unpaired) electrons. The number of carboxylic acid groups (broad SMARTS) is 1. The largest absolute Gasteiger partial charge is 0.477 e. The number of anilines is 1. The van der Waals surface area contributed by atoms with E-state index in [2.05, 4.69) is 5.32 Å². The van der Waals surface area contributed by atoms with Crippen LogP contribution < -0.4 is 15.5 Å². The first-order valence-electron chi connectivity index (χ1n) is 10.6. The Morgan fingerprint density at radius 1 is 1.18 bits per heavy atom. The predicted octanol–water partition coefficient (Wildman–Crippen LogP) is 4.45. The second-order valence-corrected chi connectivity index (χ2v) is 8.32. The minimum atomic E-state index is -1.37. The Morgan fingerprint density at radius 3 is 2.73 bits per heavy atom. The van der Waals surface area contributed by atoms with Gasteiger partial charge in [0.25, 0.3) is 0 Å². The number of carboxylic acids is 1. The summed E-state index contributed by atoms with van der Waals surface area (Å²) in [4.78, 5) is 26.8. The monoisotopic (exact) mass is 447 g/mol. The topological polar surface area (TPSA) is 83.8 Å². The number of fused-ring (bicyclic) bond motifs is 4. The highest BCUT2D eigenvalue weighted by molar-refractivity contribution is 6.02. The summed E-state index contributed by atoms with van der Waals surface area (Å²) in [6.45, 7) is 1.32. The van der Waals surface area contributed by atoms with Crippen molar-refractivity contribution in [3.05, 3.63) is 70.3 Å². The van der Waals surface area contributed by atoms with E-state index in [0.717, 1.165) is 29.8 Å². The van der Waals surface area contributed by atoms with Crippen molar-refractivity contribution in [2.75, 3.05) is 32.5 Å². The average molecular weight is 447 g/mol. The molecule has 5 rings (SSSR count). The van der Waals surface area contributed by atoms with Crippen LogP contribution in [0, 0.1) is 5.82 Å². The fourth-order valence-corrected chi connectivity index (χ4v) is 4.30. The van der Waals surface area contributed by atoms with Gasteiger partial charge in [-0.15, -0.1) is 0 Å². The summed E-state index contributed by atoms with van der Waals surface area (Å²) in [5.74, 6) is -1.42. The van der Waals surface area contributed by atoms with Crippen LogP contribution in [0.1, 0.15) is 16.8 Å². The van der Waals surface area contributed by atoms with Crippen LogP contribution in [0.5, 0.6) is 11.5 Å². The molecule has 7 nitrogen and oxygen atoms in total. The molecule has 0 saturated heterocycles. The predicted molar refractivity (Wildman–Crippen MR) is 126 cm³/mol. The molecule has 2 N–H and O–H groups in total. The van der Waals surface area contributed by atoms with Crippen molar-refractivity contribution < 1.29 is 19.0 Å². The molecular weight excluding hydrogens is 425 g/mol. The summed E-state index contributed by atoms with van der Waals surface area (Å²) in [6, 6.07) is 12.4. The zero-order valence-electron chi connectivity index (χ0n) is 18.2. The summed E-state index contributed by atoms with van der Waals surface area (Å²) >= 11 is 0. The van der Waals surface area contributed by atoms with Crippen LogP contribution in [0.25, 0.3) is 27.4 Å². The van der Waals surface area contributed by atoms with Gasteiger partial charge in [0.05, 0.1) is 11.1 Å². The summed E-state index contributed by atoms with van der Waals surface area (Å²) in [5, 5.41) is 14.5. The molecule has 3 aromatic carbocycles. The maximum atomic E-state index is 15.2. The smallest absolute Gasteiger partial charge is 0.341 e. The van der Waals surface area contributed by atoms with Crippen molar-refractivity contribution in [2.45, 2.75) is 6.42 Å². The van der Waals surface area contributed by atoms with E-state index >= 15 is 4.39 Å². The molecule has 33 heavy (non-hydrogen) atoms. The number of pyridine rings is 1. The second-order valence-electron chi connectivity index (χ2n) is 8.32. The van der Waals surface area contributed by atoms with Crippen LogP contribution >= 0.6 is 0 Å². The minimum absolute atomic E-state index is 0.0418. The molecule has 0 aliphatic carbocycles. The van der Waals surface area contributed by atoms with Crippen molar-refractivity contribution in [3.8, 4) is 17.2 Å². The van der Waals surface area contributed by atoms with Gasteiger partial charge in [-0.3, -0.25) is 4.79 Å². The Hall–Kier alpha value is -3.91. The first kappa shape index (κ1) is 21.0. The second kappa shape index (κ2) is 7.90. The lowest BCUT2D eigenvalue weighted by atomic mass is 10.0. The van der Waals surface area contributed by atoms with Crippen LogP contribution in [-0.4, -0.2) is 47.7 Å². The third kappa shape index (κ3) is 3.39. The first-order valence-corrected chi connectivity index (χ1v) is 10.6. The first-order chi connectivity index (χ1) is 15.9. The molecule has 0 fully saturated rings. The standard InChI is InChI=1S/C25H22FN3O4/c1-28(2)11-5-10-27-20-18(26)12-16-22-24(20)33-19-9-8-14-6-3-4-7-15(14)21(19)29(22)13-17(23(16)30)25(31)32/h3-4,6-9,12-13,27H,5,10-11H2,1-2H3,(H,31,32). The van der Waals surface area contributed by atoms with Crippen LogP contribution in [0.4, 0.5) is 10.1 Å². The molecule has 2 heterocycles. The van der Waals surface area contributed by atoms with E-state index in [9.17, 15) is 14.7 Å². The fraction of sp³-hybridized carbons (Fsp3) is 0.200. The highest BCUT2D eigenvalue weighted by Crippen LogP contribution is 2.47. The number of hydrogen-bond donors (Lipinski definition) is 2. The zero-order chi connectivity index (χ0) is 23.3. The van der Waals surface area contributed by atoms with Gasteiger partial charge in [0.2, 0.25) is 5.43 Å². The lowest BCUT2D eigenvalue weighted by Crippen LogP contribution is -2.22. The van der Waals surface area contributed by atoms with Crippen LogP contribution in [0.3, 0.4) is 0 Å². The molecule has 8 heteroatoms. The minimum Gasteiger partial charge on any atom is -0.477 e. The van der Waals surface area contributed by atoms with Gasteiger partial charge in [-0.05, 0) is 44.6 Å². The Kier molecular flexibility index (Phi) is 5.02. The van der Waals surface area contributed by atoms with Crippen LogP contribution in [0.15, 0.2) is 53.5 Å². The highest BCUT2D eigenvalue weighted by Gasteiger charge is 2.29. The molecule has 4 aromatic rings. The number of carbonyl (C=O) groups is 1. The summed E-state index contributed by atoms with van der Waals surface area (Å²) in [7, 11) is 3.92. The number of halogens is 1. The van der Waals surface area contributed by atoms with Crippen LogP contribution in [0.2, 0.25) is 0 Å². The molecule has 1 aliphatic rings.